The number of nitrogens with zero attached hydrogens (tertiary/aromatic N) is 3. The highest BCUT2D eigenvalue weighted by Gasteiger charge is 2.45. The Morgan fingerprint density at radius 1 is 1.27 bits per heavy atom. The fourth-order valence-corrected chi connectivity index (χ4v) is 4.83. The van der Waals surface area contributed by atoms with Gasteiger partial charge >= 0.3 is 5.69 Å². The summed E-state index contributed by atoms with van der Waals surface area (Å²) in [5, 5.41) is 10.5. The van der Waals surface area contributed by atoms with Crippen molar-refractivity contribution < 1.29 is 4.79 Å². The Morgan fingerprint density at radius 2 is 2.04 bits per heavy atom. The number of aromatic nitrogens is 3. The van der Waals surface area contributed by atoms with Gasteiger partial charge in [0.1, 0.15) is 0 Å². The van der Waals surface area contributed by atoms with E-state index < -0.39 is 0 Å². The van der Waals surface area contributed by atoms with Crippen LogP contribution >= 0.6 is 24.8 Å². The van der Waals surface area contributed by atoms with Gasteiger partial charge in [-0.3, -0.25) is 14.7 Å². The summed E-state index contributed by atoms with van der Waals surface area (Å²) in [4.78, 5) is 28.9. The number of aryl methyl sites for hydroxylation is 1. The van der Waals surface area contributed by atoms with Gasteiger partial charge in [0.15, 0.2) is 0 Å². The number of carbonyl (C=O) groups excluding carboxylic acids is 1. The van der Waals surface area contributed by atoms with Crippen LogP contribution in [0.15, 0.2) is 4.79 Å². The van der Waals surface area contributed by atoms with Crippen molar-refractivity contribution >= 4 is 30.7 Å². The van der Waals surface area contributed by atoms with Gasteiger partial charge < -0.3 is 10.6 Å². The van der Waals surface area contributed by atoms with Gasteiger partial charge in [0.25, 0.3) is 5.91 Å². The summed E-state index contributed by atoms with van der Waals surface area (Å²) in [5.74, 6) is 1.13. The van der Waals surface area contributed by atoms with E-state index in [4.69, 9.17) is 0 Å². The van der Waals surface area contributed by atoms with Gasteiger partial charge in [-0.25, -0.2) is 9.48 Å². The van der Waals surface area contributed by atoms with Crippen LogP contribution in [0.4, 0.5) is 0 Å². The number of amides is 1. The standard InChI is InChI=1S/C16H26N6O2.2ClH/c1-21-16(24)19-14(20-21)15(23)18-9-13-11-6-10(7-17-8-11)12-4-2-3-5-22(12)13;;/h10-13,17H,2-9H2,1H3,(H,18,23)(H,19,20,24);2*1H/t10-,11+,12+,13+;;/m1../s1. The normalized spacial score (nSPS) is 30.5. The number of rotatable bonds is 3. The van der Waals surface area contributed by atoms with Crippen molar-refractivity contribution in [1.29, 1.82) is 0 Å². The third-order valence-electron chi connectivity index (χ3n) is 5.98. The van der Waals surface area contributed by atoms with E-state index in [1.54, 1.807) is 0 Å². The van der Waals surface area contributed by atoms with Crippen molar-refractivity contribution in [3.63, 3.8) is 0 Å². The molecule has 4 atom stereocenters. The molecule has 1 amide bonds. The van der Waals surface area contributed by atoms with Crippen molar-refractivity contribution in [2.45, 2.75) is 37.8 Å². The molecule has 1 aromatic rings. The van der Waals surface area contributed by atoms with Gasteiger partial charge in [-0.05, 0) is 50.7 Å². The Hall–Kier alpha value is -1.09. The first-order chi connectivity index (χ1) is 11.6. The van der Waals surface area contributed by atoms with E-state index >= 15 is 0 Å². The maximum Gasteiger partial charge on any atom is 0.343 e. The minimum atomic E-state index is -0.367. The number of hydrogen-bond donors (Lipinski definition) is 3. The molecule has 3 N–H and O–H groups in total. The minimum absolute atomic E-state index is 0. The zero-order valence-corrected chi connectivity index (χ0v) is 16.6. The van der Waals surface area contributed by atoms with Crippen molar-refractivity contribution in [1.82, 2.24) is 30.3 Å². The Kier molecular flexibility index (Phi) is 7.12. The molecule has 4 heterocycles. The number of piperidine rings is 3. The van der Waals surface area contributed by atoms with Crippen molar-refractivity contribution in [3.8, 4) is 0 Å². The predicted molar refractivity (Wildman–Crippen MR) is 103 cm³/mol. The Labute approximate surface area is 165 Å². The van der Waals surface area contributed by atoms with Crippen LogP contribution in [0.1, 0.15) is 36.3 Å². The number of fused-ring (bicyclic) bond motifs is 4. The molecule has 0 spiro atoms. The molecule has 2 bridgehead atoms. The van der Waals surface area contributed by atoms with Gasteiger partial charge in [0.05, 0.1) is 0 Å². The Balaban J connectivity index is 0.00000121. The fourth-order valence-electron chi connectivity index (χ4n) is 4.83. The van der Waals surface area contributed by atoms with Crippen LogP contribution in [0.5, 0.6) is 0 Å². The minimum Gasteiger partial charge on any atom is -0.348 e. The highest BCUT2D eigenvalue weighted by atomic mass is 35.5. The first-order valence-electron chi connectivity index (χ1n) is 9.01. The molecule has 26 heavy (non-hydrogen) atoms. The smallest absolute Gasteiger partial charge is 0.343 e. The lowest BCUT2D eigenvalue weighted by molar-refractivity contribution is -0.0371. The highest BCUT2D eigenvalue weighted by Crippen LogP contribution is 2.38. The second kappa shape index (κ2) is 8.73. The third-order valence-corrected chi connectivity index (χ3v) is 5.98. The lowest BCUT2D eigenvalue weighted by Gasteiger charge is -2.55. The molecule has 0 radical (unpaired) electrons. The third kappa shape index (κ3) is 3.93. The van der Waals surface area contributed by atoms with Crippen molar-refractivity contribution in [2.75, 3.05) is 26.2 Å². The fraction of sp³-hybridized carbons (Fsp3) is 0.812. The number of carbonyl (C=O) groups is 1. The van der Waals surface area contributed by atoms with Crippen LogP contribution in [0.3, 0.4) is 0 Å². The highest BCUT2D eigenvalue weighted by molar-refractivity contribution is 5.90. The molecule has 0 aliphatic carbocycles. The van der Waals surface area contributed by atoms with Gasteiger partial charge in [0.2, 0.25) is 5.82 Å². The molecule has 10 heteroatoms. The lowest BCUT2D eigenvalue weighted by Crippen LogP contribution is -2.65. The van der Waals surface area contributed by atoms with Crippen molar-refractivity contribution in [3.05, 3.63) is 16.3 Å². The van der Waals surface area contributed by atoms with Gasteiger partial charge in [-0.2, -0.15) is 0 Å². The Bertz CT molecular complexity index is 678. The van der Waals surface area contributed by atoms with E-state index in [2.05, 4.69) is 25.6 Å². The van der Waals surface area contributed by atoms with E-state index in [0.717, 1.165) is 30.2 Å². The number of halogens is 2. The van der Waals surface area contributed by atoms with E-state index in [0.29, 0.717) is 24.5 Å². The molecule has 0 saturated carbocycles. The summed E-state index contributed by atoms with van der Waals surface area (Å²) >= 11 is 0. The molecule has 1 aromatic heterocycles. The average molecular weight is 407 g/mol. The van der Waals surface area contributed by atoms with E-state index in [-0.39, 0.29) is 42.2 Å². The molecule has 148 valence electrons. The van der Waals surface area contributed by atoms with E-state index in [1.165, 1.54) is 32.7 Å². The summed E-state index contributed by atoms with van der Waals surface area (Å²) < 4.78 is 1.14. The van der Waals surface area contributed by atoms with Crippen LogP contribution < -0.4 is 16.3 Å². The lowest BCUT2D eigenvalue weighted by atomic mass is 9.73. The van der Waals surface area contributed by atoms with E-state index in [1.807, 2.05) is 0 Å². The van der Waals surface area contributed by atoms with Crippen LogP contribution in [-0.4, -0.2) is 63.8 Å². The first kappa shape index (κ1) is 21.2. The summed E-state index contributed by atoms with van der Waals surface area (Å²) in [6, 6.07) is 1.03. The number of nitrogens with one attached hydrogen (secondary N) is 3. The van der Waals surface area contributed by atoms with Crippen LogP contribution in [0.2, 0.25) is 0 Å². The zero-order valence-electron chi connectivity index (χ0n) is 14.9. The largest absolute Gasteiger partial charge is 0.348 e. The monoisotopic (exact) mass is 406 g/mol. The van der Waals surface area contributed by atoms with E-state index in [9.17, 15) is 9.59 Å². The molecular formula is C16H28Cl2N6O2. The van der Waals surface area contributed by atoms with Crippen LogP contribution in [-0.2, 0) is 7.05 Å². The second-order valence-electron chi connectivity index (χ2n) is 7.39. The van der Waals surface area contributed by atoms with Crippen LogP contribution in [0.25, 0.3) is 0 Å². The first-order valence-corrected chi connectivity index (χ1v) is 9.01. The van der Waals surface area contributed by atoms with Gasteiger partial charge in [0, 0.05) is 25.7 Å². The topological polar surface area (TPSA) is 95.1 Å². The molecule has 0 aromatic carbocycles. The molecule has 3 fully saturated rings. The maximum atomic E-state index is 12.3. The quantitative estimate of drug-likeness (QED) is 0.663. The maximum absolute atomic E-state index is 12.3. The number of aromatic amines is 1. The number of H-pyrrole nitrogens is 1. The summed E-state index contributed by atoms with van der Waals surface area (Å²) in [7, 11) is 1.53. The molecule has 0 unspecified atom stereocenters. The zero-order chi connectivity index (χ0) is 16.7. The molecule has 3 aliphatic heterocycles. The van der Waals surface area contributed by atoms with Crippen LogP contribution in [0, 0.1) is 11.8 Å². The van der Waals surface area contributed by atoms with Gasteiger partial charge in [-0.15, -0.1) is 29.9 Å². The molecule has 3 aliphatic rings. The average Bonchev–Trinajstić information content (AvgIpc) is 2.94. The molecule has 3 saturated heterocycles. The molecular weight excluding hydrogens is 379 g/mol. The SMILES string of the molecule is Cl.Cl.Cn1nc(C(=O)NC[C@H]2[C@@H]3CNC[C@@H](C3)[C@@H]3CCCCN32)[nH]c1=O. The second-order valence-corrected chi connectivity index (χ2v) is 7.39. The van der Waals surface area contributed by atoms with Gasteiger partial charge in [-0.1, -0.05) is 6.42 Å². The summed E-state index contributed by atoms with van der Waals surface area (Å²) in [5.41, 5.74) is -0.367. The molecule has 8 nitrogen and oxygen atoms in total. The number of hydrogen-bond acceptors (Lipinski definition) is 5. The predicted octanol–water partition coefficient (Wildman–Crippen LogP) is 0.144. The summed E-state index contributed by atoms with van der Waals surface area (Å²) in [6.45, 7) is 3.91. The van der Waals surface area contributed by atoms with Crippen molar-refractivity contribution in [2.24, 2.45) is 18.9 Å². The summed E-state index contributed by atoms with van der Waals surface area (Å²) in [6.07, 6.45) is 5.10. The molecule has 4 rings (SSSR count). The Morgan fingerprint density at radius 3 is 2.77 bits per heavy atom.